The molecule has 172 valence electrons. The van der Waals surface area contributed by atoms with Crippen LogP contribution in [-0.4, -0.2) is 46.4 Å². The largest absolute Gasteiger partial charge is 0.493 e. The van der Waals surface area contributed by atoms with Crippen molar-refractivity contribution in [3.05, 3.63) is 44.6 Å². The van der Waals surface area contributed by atoms with Gasteiger partial charge in [0.1, 0.15) is 0 Å². The standard InChI is InChI=1S/C23H26ClNO6S/c1-28-17-9-7-12-14(10-16(17)26)15(25-18(27)11-32-5)8-6-13-19(12)21(29-2)23(31-4)22(30-3)20(13)24/h7,9-10,15H,6,8,11H2,1-5H3,(H,25,27)/t15-/m0/s1. The summed E-state index contributed by atoms with van der Waals surface area (Å²) in [6.45, 7) is 0. The maximum atomic E-state index is 12.8. The number of thioether (sulfide) groups is 1. The lowest BCUT2D eigenvalue weighted by molar-refractivity contribution is -0.119. The predicted octanol–water partition coefficient (Wildman–Crippen LogP) is 3.87. The molecule has 1 atom stereocenters. The fraction of sp³-hybridized carbons (Fsp3) is 0.391. The van der Waals surface area contributed by atoms with E-state index in [1.807, 2.05) is 6.26 Å². The normalized spacial score (nSPS) is 14.5. The Bertz CT molecular complexity index is 1090. The molecule has 32 heavy (non-hydrogen) atoms. The lowest BCUT2D eigenvalue weighted by Crippen LogP contribution is -2.30. The molecule has 0 saturated heterocycles. The molecular formula is C23H26ClNO6S. The van der Waals surface area contributed by atoms with Crippen LogP contribution in [0.25, 0.3) is 11.1 Å². The van der Waals surface area contributed by atoms with Gasteiger partial charge in [0.15, 0.2) is 17.2 Å². The summed E-state index contributed by atoms with van der Waals surface area (Å²) < 4.78 is 22.1. The van der Waals surface area contributed by atoms with Gasteiger partial charge >= 0.3 is 0 Å². The van der Waals surface area contributed by atoms with Gasteiger partial charge in [0, 0.05) is 5.56 Å². The number of carbonyl (C=O) groups is 1. The first-order valence-corrected chi connectivity index (χ1v) is 11.7. The lowest BCUT2D eigenvalue weighted by Gasteiger charge is -2.21. The maximum Gasteiger partial charge on any atom is 0.230 e. The number of ether oxygens (including phenoxy) is 4. The van der Waals surface area contributed by atoms with Gasteiger partial charge in [-0.3, -0.25) is 9.59 Å². The zero-order chi connectivity index (χ0) is 23.4. The van der Waals surface area contributed by atoms with Gasteiger partial charge in [-0.2, -0.15) is 11.8 Å². The molecule has 2 aromatic carbocycles. The number of hydrogen-bond acceptors (Lipinski definition) is 7. The van der Waals surface area contributed by atoms with Gasteiger partial charge in [-0.25, -0.2) is 0 Å². The van der Waals surface area contributed by atoms with Gasteiger partial charge in [0.05, 0.1) is 45.3 Å². The van der Waals surface area contributed by atoms with Crippen molar-refractivity contribution in [1.29, 1.82) is 0 Å². The smallest absolute Gasteiger partial charge is 0.230 e. The van der Waals surface area contributed by atoms with Gasteiger partial charge in [-0.1, -0.05) is 17.7 Å². The molecule has 3 rings (SSSR count). The average molecular weight is 480 g/mol. The van der Waals surface area contributed by atoms with Crippen LogP contribution < -0.4 is 29.7 Å². The topological polar surface area (TPSA) is 83.1 Å². The highest BCUT2D eigenvalue weighted by molar-refractivity contribution is 7.99. The number of amides is 1. The van der Waals surface area contributed by atoms with E-state index in [2.05, 4.69) is 5.32 Å². The Balaban J connectivity index is 2.39. The van der Waals surface area contributed by atoms with E-state index >= 15 is 0 Å². The Morgan fingerprint density at radius 1 is 1.09 bits per heavy atom. The lowest BCUT2D eigenvalue weighted by atomic mass is 9.95. The summed E-state index contributed by atoms with van der Waals surface area (Å²) in [5.41, 5.74) is 2.57. The van der Waals surface area contributed by atoms with E-state index in [1.54, 1.807) is 12.1 Å². The number of methoxy groups -OCH3 is 4. The Hall–Kier alpha value is -2.58. The molecule has 7 nitrogen and oxygen atoms in total. The van der Waals surface area contributed by atoms with Gasteiger partial charge in [0.25, 0.3) is 0 Å². The van der Waals surface area contributed by atoms with Crippen molar-refractivity contribution in [3.8, 4) is 34.1 Å². The first-order valence-electron chi connectivity index (χ1n) is 9.92. The van der Waals surface area contributed by atoms with E-state index in [4.69, 9.17) is 30.5 Å². The minimum atomic E-state index is -0.403. The number of hydrogen-bond donors (Lipinski definition) is 1. The quantitative estimate of drug-likeness (QED) is 0.645. The van der Waals surface area contributed by atoms with Crippen molar-refractivity contribution >= 4 is 29.3 Å². The molecule has 1 aliphatic carbocycles. The highest BCUT2D eigenvalue weighted by Crippen LogP contribution is 2.54. The highest BCUT2D eigenvalue weighted by atomic mass is 35.5. The van der Waals surface area contributed by atoms with Crippen molar-refractivity contribution in [2.75, 3.05) is 40.4 Å². The number of rotatable bonds is 7. The summed E-state index contributed by atoms with van der Waals surface area (Å²) in [5, 5.41) is 3.46. The zero-order valence-electron chi connectivity index (χ0n) is 18.7. The molecule has 0 unspecified atom stereocenters. The fourth-order valence-corrected chi connectivity index (χ4v) is 4.75. The summed E-state index contributed by atoms with van der Waals surface area (Å²) in [5.74, 6) is 1.57. The van der Waals surface area contributed by atoms with Gasteiger partial charge in [-0.15, -0.1) is 0 Å². The molecule has 0 fully saturated rings. The van der Waals surface area contributed by atoms with Crippen LogP contribution in [0.4, 0.5) is 0 Å². The molecular weight excluding hydrogens is 454 g/mol. The second kappa shape index (κ2) is 10.4. The number of carbonyl (C=O) groups excluding carboxylic acids is 1. The van der Waals surface area contributed by atoms with Gasteiger partial charge in [-0.05, 0) is 47.9 Å². The van der Waals surface area contributed by atoms with E-state index in [0.717, 1.165) is 5.56 Å². The second-order valence-corrected chi connectivity index (χ2v) is 8.38. The molecule has 9 heteroatoms. The summed E-state index contributed by atoms with van der Waals surface area (Å²) >= 11 is 8.20. The Morgan fingerprint density at radius 2 is 1.78 bits per heavy atom. The third-order valence-electron chi connectivity index (χ3n) is 5.42. The summed E-state index contributed by atoms with van der Waals surface area (Å²) in [6, 6.07) is 4.51. The van der Waals surface area contributed by atoms with Crippen molar-refractivity contribution in [2.45, 2.75) is 18.9 Å². The van der Waals surface area contributed by atoms with Crippen LogP contribution in [0.2, 0.25) is 5.02 Å². The minimum Gasteiger partial charge on any atom is -0.493 e. The van der Waals surface area contributed by atoms with Crippen LogP contribution >= 0.6 is 23.4 Å². The SMILES string of the molecule is COc1c(Cl)c2c(c(OC)c1OC)-c1ccc(OC)c(=O)cc1[C@@H](NC(=O)CSC)CC2. The van der Waals surface area contributed by atoms with Crippen molar-refractivity contribution in [1.82, 2.24) is 5.32 Å². The van der Waals surface area contributed by atoms with Crippen molar-refractivity contribution in [3.63, 3.8) is 0 Å². The van der Waals surface area contributed by atoms with E-state index < -0.39 is 6.04 Å². The van der Waals surface area contributed by atoms with Gasteiger partial charge in [0.2, 0.25) is 17.1 Å². The van der Waals surface area contributed by atoms with E-state index in [9.17, 15) is 9.59 Å². The van der Waals surface area contributed by atoms with Crippen LogP contribution in [0, 0.1) is 0 Å². The molecule has 0 radical (unpaired) electrons. The average Bonchev–Trinajstić information content (AvgIpc) is 3.03. The van der Waals surface area contributed by atoms with Crippen LogP contribution in [-0.2, 0) is 11.2 Å². The Labute approximate surface area is 196 Å². The fourth-order valence-electron chi connectivity index (χ4n) is 4.06. The van der Waals surface area contributed by atoms with Gasteiger partial charge < -0.3 is 24.3 Å². The van der Waals surface area contributed by atoms with E-state index in [1.165, 1.54) is 46.3 Å². The van der Waals surface area contributed by atoms with Crippen molar-refractivity contribution < 1.29 is 23.7 Å². The summed E-state index contributed by atoms with van der Waals surface area (Å²) in [6.07, 6.45) is 2.92. The first-order chi connectivity index (χ1) is 15.4. The molecule has 0 saturated carbocycles. The van der Waals surface area contributed by atoms with E-state index in [-0.39, 0.29) is 17.1 Å². The third-order valence-corrected chi connectivity index (χ3v) is 6.37. The van der Waals surface area contributed by atoms with Crippen molar-refractivity contribution in [2.24, 2.45) is 0 Å². The number of fused-ring (bicyclic) bond motifs is 3. The van der Waals surface area contributed by atoms with Crippen LogP contribution in [0.5, 0.6) is 23.0 Å². The molecule has 1 N–H and O–H groups in total. The third kappa shape index (κ3) is 4.34. The van der Waals surface area contributed by atoms with Crippen LogP contribution in [0.3, 0.4) is 0 Å². The Morgan fingerprint density at radius 3 is 2.38 bits per heavy atom. The predicted molar refractivity (Wildman–Crippen MR) is 127 cm³/mol. The molecule has 0 aliphatic heterocycles. The number of halogens is 1. The Kier molecular flexibility index (Phi) is 7.79. The van der Waals surface area contributed by atoms with Crippen LogP contribution in [0.1, 0.15) is 23.6 Å². The van der Waals surface area contributed by atoms with Crippen LogP contribution in [0.15, 0.2) is 23.0 Å². The monoisotopic (exact) mass is 479 g/mol. The minimum absolute atomic E-state index is 0.112. The zero-order valence-corrected chi connectivity index (χ0v) is 20.2. The number of benzene rings is 1. The second-order valence-electron chi connectivity index (χ2n) is 7.14. The maximum absolute atomic E-state index is 12.8. The molecule has 2 aromatic rings. The molecule has 0 bridgehead atoms. The molecule has 0 spiro atoms. The molecule has 0 aromatic heterocycles. The van der Waals surface area contributed by atoms with E-state index in [0.29, 0.717) is 57.6 Å². The molecule has 0 heterocycles. The summed E-state index contributed by atoms with van der Waals surface area (Å²) in [4.78, 5) is 25.3. The highest BCUT2D eigenvalue weighted by Gasteiger charge is 2.32. The first kappa shape index (κ1) is 24.1. The molecule has 1 aliphatic rings. The number of nitrogens with one attached hydrogen (secondary N) is 1. The summed E-state index contributed by atoms with van der Waals surface area (Å²) in [7, 11) is 6.01. The molecule has 1 amide bonds.